The topological polar surface area (TPSA) is 58.6 Å². The van der Waals surface area contributed by atoms with Gasteiger partial charge in [0, 0.05) is 18.6 Å². The van der Waals surface area contributed by atoms with Crippen LogP contribution in [0.15, 0.2) is 0 Å². The van der Waals surface area contributed by atoms with Crippen molar-refractivity contribution in [2.24, 2.45) is 5.92 Å². The first-order chi connectivity index (χ1) is 8.70. The van der Waals surface area contributed by atoms with E-state index >= 15 is 0 Å². The summed E-state index contributed by atoms with van der Waals surface area (Å²) in [6, 6.07) is 0.506. The number of ether oxygens (including phenoxy) is 1. The Morgan fingerprint density at radius 3 is 2.72 bits per heavy atom. The molecule has 0 saturated carbocycles. The Hall–Kier alpha value is -1.10. The minimum Gasteiger partial charge on any atom is -0.467 e. The van der Waals surface area contributed by atoms with Crippen molar-refractivity contribution in [2.75, 3.05) is 13.7 Å². The van der Waals surface area contributed by atoms with E-state index in [0.29, 0.717) is 18.6 Å². The number of carbonyl (C=O) groups excluding carboxylic acids is 2. The molecule has 5 nitrogen and oxygen atoms in total. The number of hydrogen-bond donors (Lipinski definition) is 1. The lowest BCUT2D eigenvalue weighted by Gasteiger charge is -2.28. The monoisotopic (exact) mass is 252 g/mol. The van der Waals surface area contributed by atoms with Gasteiger partial charge in [-0.25, -0.2) is 4.79 Å². The van der Waals surface area contributed by atoms with Crippen LogP contribution < -0.4 is 5.32 Å². The molecule has 100 valence electrons. The van der Waals surface area contributed by atoms with Crippen molar-refractivity contribution in [1.29, 1.82) is 0 Å². The van der Waals surface area contributed by atoms with Crippen LogP contribution in [0, 0.1) is 5.92 Å². The molecule has 3 heterocycles. The number of amides is 1. The molecule has 0 radical (unpaired) electrons. The molecule has 0 aromatic carbocycles. The smallest absolute Gasteiger partial charge is 0.328 e. The molecule has 1 amide bonds. The third-order valence-electron chi connectivity index (χ3n) is 4.63. The van der Waals surface area contributed by atoms with Gasteiger partial charge in [0.2, 0.25) is 5.91 Å². The van der Waals surface area contributed by atoms with Crippen molar-refractivity contribution < 1.29 is 14.3 Å². The first-order valence-corrected chi connectivity index (χ1v) is 6.85. The second-order valence-corrected chi connectivity index (χ2v) is 5.60. The molecule has 2 bridgehead atoms. The van der Waals surface area contributed by atoms with Gasteiger partial charge in [-0.3, -0.25) is 4.79 Å². The van der Waals surface area contributed by atoms with Gasteiger partial charge in [-0.15, -0.1) is 0 Å². The maximum Gasteiger partial charge on any atom is 0.328 e. The number of nitrogens with zero attached hydrogens (tertiary/aromatic N) is 1. The predicted molar refractivity (Wildman–Crippen MR) is 64.8 cm³/mol. The van der Waals surface area contributed by atoms with Gasteiger partial charge in [-0.05, 0) is 32.1 Å². The Labute approximate surface area is 107 Å². The van der Waals surface area contributed by atoms with Crippen LogP contribution in [0.5, 0.6) is 0 Å². The average molecular weight is 252 g/mol. The summed E-state index contributed by atoms with van der Waals surface area (Å²) >= 11 is 0. The lowest BCUT2D eigenvalue weighted by atomic mass is 9.88. The summed E-state index contributed by atoms with van der Waals surface area (Å²) in [5.74, 6) is -0.0337. The van der Waals surface area contributed by atoms with E-state index in [4.69, 9.17) is 4.74 Å². The number of hydrogen-bond acceptors (Lipinski definition) is 4. The number of esters is 1. The van der Waals surface area contributed by atoms with Crippen molar-refractivity contribution >= 4 is 11.9 Å². The zero-order valence-corrected chi connectivity index (χ0v) is 10.7. The second kappa shape index (κ2) is 4.53. The highest BCUT2D eigenvalue weighted by Crippen LogP contribution is 2.35. The zero-order chi connectivity index (χ0) is 12.7. The van der Waals surface area contributed by atoms with E-state index in [1.165, 1.54) is 13.5 Å². The highest BCUT2D eigenvalue weighted by atomic mass is 16.5. The Balaban J connectivity index is 1.70. The molecule has 3 aliphatic rings. The van der Waals surface area contributed by atoms with E-state index in [9.17, 15) is 9.59 Å². The first-order valence-electron chi connectivity index (χ1n) is 6.85. The van der Waals surface area contributed by atoms with Gasteiger partial charge in [0.05, 0.1) is 13.0 Å². The summed E-state index contributed by atoms with van der Waals surface area (Å²) in [5.41, 5.74) is 0. The van der Waals surface area contributed by atoms with Gasteiger partial charge in [-0.2, -0.15) is 0 Å². The summed E-state index contributed by atoms with van der Waals surface area (Å²) in [5, 5.41) is 3.48. The van der Waals surface area contributed by atoms with Crippen molar-refractivity contribution in [1.82, 2.24) is 10.2 Å². The number of likely N-dealkylation sites (tertiary alicyclic amines) is 1. The summed E-state index contributed by atoms with van der Waals surface area (Å²) < 4.78 is 4.79. The third-order valence-corrected chi connectivity index (χ3v) is 4.63. The minimum absolute atomic E-state index is 0.0778. The number of nitrogens with one attached hydrogen (secondary N) is 1. The molecule has 4 atom stereocenters. The quantitative estimate of drug-likeness (QED) is 0.718. The summed E-state index contributed by atoms with van der Waals surface area (Å²) in [6.07, 6.45) is 4.87. The van der Waals surface area contributed by atoms with Gasteiger partial charge in [0.25, 0.3) is 0 Å². The van der Waals surface area contributed by atoms with E-state index in [1.807, 2.05) is 0 Å². The van der Waals surface area contributed by atoms with Gasteiger partial charge < -0.3 is 15.0 Å². The van der Waals surface area contributed by atoms with Crippen molar-refractivity contribution in [3.8, 4) is 0 Å². The Morgan fingerprint density at radius 2 is 2.11 bits per heavy atom. The van der Waals surface area contributed by atoms with Gasteiger partial charge in [0.1, 0.15) is 6.04 Å². The Kier molecular flexibility index (Phi) is 3.01. The highest BCUT2D eigenvalue weighted by Gasteiger charge is 2.46. The van der Waals surface area contributed by atoms with Crippen LogP contribution in [-0.4, -0.2) is 48.6 Å². The van der Waals surface area contributed by atoms with Crippen LogP contribution in [0.4, 0.5) is 0 Å². The largest absolute Gasteiger partial charge is 0.467 e. The van der Waals surface area contributed by atoms with Crippen molar-refractivity contribution in [3.63, 3.8) is 0 Å². The third kappa shape index (κ3) is 1.81. The number of carbonyl (C=O) groups is 2. The van der Waals surface area contributed by atoms with Gasteiger partial charge in [-0.1, -0.05) is 0 Å². The molecule has 3 aliphatic heterocycles. The molecule has 18 heavy (non-hydrogen) atoms. The lowest BCUT2D eigenvalue weighted by Crippen LogP contribution is -2.46. The van der Waals surface area contributed by atoms with Crippen molar-refractivity contribution in [3.05, 3.63) is 0 Å². The fourth-order valence-electron chi connectivity index (χ4n) is 3.72. The van der Waals surface area contributed by atoms with E-state index < -0.39 is 0 Å². The molecule has 4 unspecified atom stereocenters. The number of rotatable bonds is 2. The maximum absolute atomic E-state index is 12.5. The van der Waals surface area contributed by atoms with Crippen LogP contribution >= 0.6 is 0 Å². The van der Waals surface area contributed by atoms with Crippen LogP contribution in [-0.2, 0) is 14.3 Å². The number of fused-ring (bicyclic) bond motifs is 2. The molecule has 0 aromatic heterocycles. The molecule has 1 N–H and O–H groups in total. The Morgan fingerprint density at radius 1 is 1.28 bits per heavy atom. The number of methoxy groups -OCH3 is 1. The fraction of sp³-hybridized carbons (Fsp3) is 0.846. The Bertz CT molecular complexity index is 371. The average Bonchev–Trinajstić information content (AvgIpc) is 3.11. The highest BCUT2D eigenvalue weighted by molar-refractivity contribution is 5.87. The fourth-order valence-corrected chi connectivity index (χ4v) is 3.72. The van der Waals surface area contributed by atoms with E-state index in [1.54, 1.807) is 4.90 Å². The summed E-state index contributed by atoms with van der Waals surface area (Å²) in [6.45, 7) is 0.701. The lowest BCUT2D eigenvalue weighted by molar-refractivity contribution is -0.152. The molecule has 0 spiro atoms. The molecular weight excluding hydrogens is 232 g/mol. The van der Waals surface area contributed by atoms with Crippen molar-refractivity contribution in [2.45, 2.75) is 50.2 Å². The van der Waals surface area contributed by atoms with E-state index in [0.717, 1.165) is 25.7 Å². The summed E-state index contributed by atoms with van der Waals surface area (Å²) in [7, 11) is 1.39. The summed E-state index contributed by atoms with van der Waals surface area (Å²) in [4.78, 5) is 26.0. The molecule has 3 rings (SSSR count). The standard InChI is InChI=1S/C13H20N2O3/c1-18-13(17)11-3-2-6-15(11)12(16)9-7-8-4-5-10(9)14-8/h8-11,14H,2-7H2,1H3. The van der Waals surface area contributed by atoms with E-state index in [-0.39, 0.29) is 23.8 Å². The molecule has 0 aliphatic carbocycles. The normalized spacial score (nSPS) is 38.2. The molecule has 5 heteroatoms. The molecule has 3 saturated heterocycles. The van der Waals surface area contributed by atoms with Crippen LogP contribution in [0.3, 0.4) is 0 Å². The van der Waals surface area contributed by atoms with Gasteiger partial charge >= 0.3 is 5.97 Å². The molecular formula is C13H20N2O3. The second-order valence-electron chi connectivity index (χ2n) is 5.60. The minimum atomic E-state index is -0.346. The molecule has 3 fully saturated rings. The van der Waals surface area contributed by atoms with E-state index in [2.05, 4.69) is 5.32 Å². The SMILES string of the molecule is COC(=O)C1CCCN1C(=O)C1CC2CCC1N2. The zero-order valence-electron chi connectivity index (χ0n) is 10.7. The van der Waals surface area contributed by atoms with Crippen LogP contribution in [0.1, 0.15) is 32.1 Å². The van der Waals surface area contributed by atoms with Gasteiger partial charge in [0.15, 0.2) is 0 Å². The maximum atomic E-state index is 12.5. The molecule has 0 aromatic rings. The first kappa shape index (κ1) is 12.0. The van der Waals surface area contributed by atoms with Crippen LogP contribution in [0.25, 0.3) is 0 Å². The predicted octanol–water partition coefficient (Wildman–Crippen LogP) is 0.291. The van der Waals surface area contributed by atoms with Crippen LogP contribution in [0.2, 0.25) is 0 Å².